The molecule has 0 aliphatic heterocycles. The van der Waals surface area contributed by atoms with Crippen LogP contribution in [-0.2, 0) is 26.0 Å². The number of unbranched alkanes of at least 4 members (excludes halogenated alkanes) is 1. The van der Waals surface area contributed by atoms with E-state index in [1.165, 1.54) is 12.8 Å². The number of aromatic nitrogens is 2. The molecule has 72 valence electrons. The van der Waals surface area contributed by atoms with Crippen LogP contribution < -0.4 is 24.8 Å². The van der Waals surface area contributed by atoms with Gasteiger partial charge in [-0.05, 0) is 13.3 Å². The molecule has 0 aliphatic carbocycles. The molecule has 1 aromatic heterocycles. The molecule has 0 unspecified atom stereocenters. The van der Waals surface area contributed by atoms with Crippen molar-refractivity contribution < 1.29 is 44.3 Å². The van der Waals surface area contributed by atoms with Gasteiger partial charge in [0.15, 0.2) is 0 Å². The van der Waals surface area contributed by atoms with Crippen molar-refractivity contribution in [3.05, 3.63) is 18.2 Å². The van der Waals surface area contributed by atoms with E-state index < -0.39 is 0 Å². The quantitative estimate of drug-likeness (QED) is 0.514. The van der Waals surface area contributed by atoms with Crippen LogP contribution in [-0.4, -0.2) is 9.55 Å². The number of hydrogen-bond donors (Lipinski definition) is 0. The molecule has 0 spiro atoms. The van der Waals surface area contributed by atoms with Crippen LogP contribution in [0.5, 0.6) is 0 Å². The van der Waals surface area contributed by atoms with Crippen LogP contribution >= 0.6 is 0 Å². The van der Waals surface area contributed by atoms with Gasteiger partial charge in [-0.2, -0.15) is 0 Å². The number of halogens is 2. The molecule has 0 saturated heterocycles. The summed E-state index contributed by atoms with van der Waals surface area (Å²) >= 11 is 0. The summed E-state index contributed by atoms with van der Waals surface area (Å²) in [4.78, 5) is 4.13. The third-order valence-electron chi connectivity index (χ3n) is 1.68. The van der Waals surface area contributed by atoms with Crippen molar-refractivity contribution in [2.24, 2.45) is 0 Å². The van der Waals surface area contributed by atoms with E-state index in [0.29, 0.717) is 0 Å². The number of nitrogens with zero attached hydrogens (tertiary/aromatic N) is 2. The summed E-state index contributed by atoms with van der Waals surface area (Å²) in [5.74, 6) is 1.12. The maximum atomic E-state index is 4.13. The van der Waals surface area contributed by atoms with Gasteiger partial charge in [0.2, 0.25) is 0 Å². The van der Waals surface area contributed by atoms with Crippen LogP contribution in [0.15, 0.2) is 12.4 Å². The fraction of sp³-hybridized carbons (Fsp3) is 0.625. The third kappa shape index (κ3) is 6.48. The molecule has 0 saturated carbocycles. The smallest absolute Gasteiger partial charge is 1.00 e. The standard InChI is InChI=1S/C8H14N2.2ClH.Zn/c1-3-4-6-10-7-5-9-8(10)2;;;/h5,7H,3-4,6H2,1-2H3;2*1H;/q;;;+2/p-2. The average Bonchev–Trinajstić information content (AvgIpc) is 2.31. The second kappa shape index (κ2) is 10.5. The first-order valence-corrected chi connectivity index (χ1v) is 3.82. The fourth-order valence-electron chi connectivity index (χ4n) is 0.969. The normalized spacial score (nSPS) is 7.85. The van der Waals surface area contributed by atoms with Crippen molar-refractivity contribution >= 4 is 0 Å². The van der Waals surface area contributed by atoms with Gasteiger partial charge in [0.05, 0.1) is 0 Å². The van der Waals surface area contributed by atoms with Crippen molar-refractivity contribution in [2.75, 3.05) is 0 Å². The predicted octanol–water partition coefficient (Wildman–Crippen LogP) is -4.00. The molecule has 0 radical (unpaired) electrons. The van der Waals surface area contributed by atoms with E-state index in [2.05, 4.69) is 16.5 Å². The SMILES string of the molecule is CCCCn1ccnc1C.[Cl-].[Cl-].[Zn+2]. The molecule has 0 bridgehead atoms. The fourth-order valence-corrected chi connectivity index (χ4v) is 0.969. The summed E-state index contributed by atoms with van der Waals surface area (Å²) in [5.41, 5.74) is 0. The summed E-state index contributed by atoms with van der Waals surface area (Å²) in [6.45, 7) is 5.35. The van der Waals surface area contributed by atoms with E-state index in [0.717, 1.165) is 12.4 Å². The minimum Gasteiger partial charge on any atom is -1.00 e. The zero-order valence-corrected chi connectivity index (χ0v) is 12.6. The van der Waals surface area contributed by atoms with Gasteiger partial charge in [0.25, 0.3) is 0 Å². The maximum absolute atomic E-state index is 4.13. The topological polar surface area (TPSA) is 17.8 Å². The summed E-state index contributed by atoms with van der Waals surface area (Å²) in [6, 6.07) is 0. The Morgan fingerprint density at radius 1 is 1.38 bits per heavy atom. The first kappa shape index (κ1) is 19.1. The van der Waals surface area contributed by atoms with E-state index in [1.807, 2.05) is 19.3 Å². The average molecular weight is 275 g/mol. The Kier molecular flexibility index (Phi) is 15.4. The van der Waals surface area contributed by atoms with Gasteiger partial charge in [-0.3, -0.25) is 0 Å². The Morgan fingerprint density at radius 3 is 2.38 bits per heavy atom. The maximum Gasteiger partial charge on any atom is 2.00 e. The summed E-state index contributed by atoms with van der Waals surface area (Å²) < 4.78 is 2.18. The van der Waals surface area contributed by atoms with Gasteiger partial charge in [-0.25, -0.2) is 4.98 Å². The molecule has 0 aromatic carbocycles. The van der Waals surface area contributed by atoms with Crippen molar-refractivity contribution in [3.63, 3.8) is 0 Å². The molecular weight excluding hydrogens is 260 g/mol. The van der Waals surface area contributed by atoms with E-state index in [1.54, 1.807) is 0 Å². The van der Waals surface area contributed by atoms with Gasteiger partial charge >= 0.3 is 19.5 Å². The van der Waals surface area contributed by atoms with Gasteiger partial charge in [-0.15, -0.1) is 0 Å². The molecule has 0 amide bonds. The Bertz CT molecular complexity index is 204. The molecule has 13 heavy (non-hydrogen) atoms. The van der Waals surface area contributed by atoms with E-state index in [9.17, 15) is 0 Å². The summed E-state index contributed by atoms with van der Waals surface area (Å²) in [7, 11) is 0. The Balaban J connectivity index is -0.000000333. The zero-order valence-electron chi connectivity index (χ0n) is 8.13. The minimum absolute atomic E-state index is 0. The Labute approximate surface area is 105 Å². The van der Waals surface area contributed by atoms with Crippen LogP contribution in [0, 0.1) is 6.92 Å². The number of rotatable bonds is 3. The Hall–Kier alpha value is 0.413. The van der Waals surface area contributed by atoms with Crippen LogP contribution in [0.1, 0.15) is 25.6 Å². The van der Waals surface area contributed by atoms with Crippen LogP contribution in [0.4, 0.5) is 0 Å². The first-order valence-electron chi connectivity index (χ1n) is 3.82. The van der Waals surface area contributed by atoms with Gasteiger partial charge in [-0.1, -0.05) is 13.3 Å². The number of imidazole rings is 1. The summed E-state index contributed by atoms with van der Waals surface area (Å²) in [5, 5.41) is 0. The molecule has 2 nitrogen and oxygen atoms in total. The molecule has 5 heteroatoms. The molecule has 0 N–H and O–H groups in total. The monoisotopic (exact) mass is 272 g/mol. The van der Waals surface area contributed by atoms with E-state index in [4.69, 9.17) is 0 Å². The zero-order chi connectivity index (χ0) is 7.40. The molecule has 0 aliphatic rings. The van der Waals surface area contributed by atoms with Crippen LogP contribution in [0.25, 0.3) is 0 Å². The number of aryl methyl sites for hydroxylation is 2. The number of hydrogen-bond acceptors (Lipinski definition) is 1. The van der Waals surface area contributed by atoms with Crippen molar-refractivity contribution in [1.29, 1.82) is 0 Å². The van der Waals surface area contributed by atoms with Gasteiger partial charge in [0.1, 0.15) is 5.82 Å². The van der Waals surface area contributed by atoms with Crippen LogP contribution in [0.3, 0.4) is 0 Å². The van der Waals surface area contributed by atoms with Crippen LogP contribution in [0.2, 0.25) is 0 Å². The van der Waals surface area contributed by atoms with Gasteiger partial charge < -0.3 is 29.4 Å². The van der Waals surface area contributed by atoms with Crippen molar-refractivity contribution in [2.45, 2.75) is 33.2 Å². The minimum atomic E-state index is 0. The van der Waals surface area contributed by atoms with Crippen molar-refractivity contribution in [1.82, 2.24) is 9.55 Å². The largest absolute Gasteiger partial charge is 2.00 e. The molecular formula is C8H14Cl2N2Zn. The van der Waals surface area contributed by atoms with Gasteiger partial charge in [0, 0.05) is 18.9 Å². The molecule has 1 heterocycles. The Morgan fingerprint density at radius 2 is 2.00 bits per heavy atom. The molecule has 0 fully saturated rings. The third-order valence-corrected chi connectivity index (χ3v) is 1.68. The second-order valence-electron chi connectivity index (χ2n) is 2.52. The molecule has 1 aromatic rings. The summed E-state index contributed by atoms with van der Waals surface area (Å²) in [6.07, 6.45) is 6.38. The second-order valence-corrected chi connectivity index (χ2v) is 2.52. The van der Waals surface area contributed by atoms with E-state index in [-0.39, 0.29) is 44.3 Å². The molecule has 1 rings (SSSR count). The molecule has 0 atom stereocenters. The van der Waals surface area contributed by atoms with E-state index >= 15 is 0 Å². The predicted molar refractivity (Wildman–Crippen MR) is 41.9 cm³/mol. The van der Waals surface area contributed by atoms with Crippen molar-refractivity contribution in [3.8, 4) is 0 Å². The first-order chi connectivity index (χ1) is 4.84.